The van der Waals surface area contributed by atoms with E-state index in [9.17, 15) is 10.4 Å². The highest BCUT2D eigenvalue weighted by molar-refractivity contribution is 5.87. The first-order chi connectivity index (χ1) is 15.7. The van der Waals surface area contributed by atoms with E-state index >= 15 is 0 Å². The first kappa shape index (κ1) is 23.0. The standard InChI is InChI=1S/C24H35N3O5/c1-30-14-12-27-10-5-18(6-11-27)19-16-24(28)25-21-17-22(23(32-29)15-20(19)21)31-13-4-9-26-7-2-3-8-26/h15-18,29H,2-14H2,1H3,(H,25,28). The van der Waals surface area contributed by atoms with E-state index in [4.69, 9.17) is 9.47 Å². The Kier molecular flexibility index (Phi) is 8.02. The van der Waals surface area contributed by atoms with Crippen LogP contribution in [0, 0.1) is 0 Å². The molecule has 8 nitrogen and oxygen atoms in total. The molecule has 2 saturated heterocycles. The second-order valence-corrected chi connectivity index (χ2v) is 8.84. The quantitative estimate of drug-likeness (QED) is 0.327. The maximum absolute atomic E-state index is 10.3. The van der Waals surface area contributed by atoms with Crippen LogP contribution < -0.4 is 9.62 Å². The van der Waals surface area contributed by atoms with Gasteiger partial charge in [-0.25, -0.2) is 10.2 Å². The third kappa shape index (κ3) is 5.61. The second-order valence-electron chi connectivity index (χ2n) is 8.84. The molecule has 0 saturated carbocycles. The Labute approximate surface area is 189 Å². The van der Waals surface area contributed by atoms with E-state index in [0.717, 1.165) is 76.1 Å². The van der Waals surface area contributed by atoms with Crippen LogP contribution in [0.5, 0.6) is 17.4 Å². The van der Waals surface area contributed by atoms with Gasteiger partial charge in [-0.05, 0) is 75.8 Å². The van der Waals surface area contributed by atoms with Gasteiger partial charge in [0.15, 0.2) is 5.75 Å². The zero-order valence-corrected chi connectivity index (χ0v) is 19.0. The summed E-state index contributed by atoms with van der Waals surface area (Å²) < 4.78 is 11.1. The predicted molar refractivity (Wildman–Crippen MR) is 123 cm³/mol. The summed E-state index contributed by atoms with van der Waals surface area (Å²) >= 11 is 0. The number of piperidine rings is 1. The molecular weight excluding hydrogens is 410 g/mol. The number of likely N-dealkylation sites (tertiary alicyclic amines) is 2. The van der Waals surface area contributed by atoms with E-state index in [2.05, 4.69) is 19.7 Å². The molecule has 2 N–H and O–H groups in total. The fourth-order valence-electron chi connectivity index (χ4n) is 4.93. The first-order valence-corrected chi connectivity index (χ1v) is 11.7. The van der Waals surface area contributed by atoms with Gasteiger partial charge in [-0.1, -0.05) is 0 Å². The van der Waals surface area contributed by atoms with Gasteiger partial charge < -0.3 is 29.3 Å². The van der Waals surface area contributed by atoms with Crippen molar-refractivity contribution in [3.63, 3.8) is 0 Å². The lowest BCUT2D eigenvalue weighted by Gasteiger charge is -2.32. The van der Waals surface area contributed by atoms with Crippen LogP contribution in [0.1, 0.15) is 43.6 Å². The lowest BCUT2D eigenvalue weighted by molar-refractivity contribution is -0.139. The number of methoxy groups -OCH3 is 1. The summed E-state index contributed by atoms with van der Waals surface area (Å²) in [5, 5.41) is 20.7. The Morgan fingerprint density at radius 1 is 0.969 bits per heavy atom. The molecule has 2 aliphatic heterocycles. The van der Waals surface area contributed by atoms with Gasteiger partial charge >= 0.3 is 0 Å². The van der Waals surface area contributed by atoms with Crippen molar-refractivity contribution in [1.82, 2.24) is 14.8 Å². The van der Waals surface area contributed by atoms with E-state index in [-0.39, 0.29) is 11.6 Å². The maximum atomic E-state index is 10.3. The molecule has 0 aliphatic carbocycles. The van der Waals surface area contributed by atoms with E-state index < -0.39 is 0 Å². The topological polar surface area (TPSA) is 87.5 Å². The SMILES string of the molecule is COCCN1CCC(c2cc(O)nc3cc(OCCCN4CCCC4)c(OO)cc23)CC1. The molecular formula is C24H35N3O5. The fourth-order valence-corrected chi connectivity index (χ4v) is 4.93. The molecule has 2 aliphatic rings. The minimum Gasteiger partial charge on any atom is -0.493 e. The Hall–Kier alpha value is -2.13. The second kappa shape index (κ2) is 11.1. The number of benzene rings is 1. The van der Waals surface area contributed by atoms with Crippen LogP contribution in [0.15, 0.2) is 18.2 Å². The van der Waals surface area contributed by atoms with Crippen molar-refractivity contribution in [2.45, 2.75) is 38.0 Å². The number of aromatic nitrogens is 1. The number of aromatic hydroxyl groups is 1. The molecule has 32 heavy (non-hydrogen) atoms. The van der Waals surface area contributed by atoms with Crippen LogP contribution in [0.3, 0.4) is 0 Å². The summed E-state index contributed by atoms with van der Waals surface area (Å²) in [6.45, 7) is 7.52. The highest BCUT2D eigenvalue weighted by Crippen LogP contribution is 2.39. The van der Waals surface area contributed by atoms with Gasteiger partial charge in [-0.15, -0.1) is 0 Å². The average molecular weight is 446 g/mol. The molecule has 2 aromatic rings. The molecule has 176 valence electrons. The van der Waals surface area contributed by atoms with Crippen LogP contribution in [0.2, 0.25) is 0 Å². The van der Waals surface area contributed by atoms with E-state index in [0.29, 0.717) is 23.8 Å². The van der Waals surface area contributed by atoms with E-state index in [1.807, 2.05) is 0 Å². The van der Waals surface area contributed by atoms with Gasteiger partial charge in [0, 0.05) is 37.7 Å². The molecule has 1 aromatic heterocycles. The van der Waals surface area contributed by atoms with Gasteiger partial charge in [-0.2, -0.15) is 0 Å². The van der Waals surface area contributed by atoms with E-state index in [1.165, 1.54) is 12.8 Å². The normalized spacial score (nSPS) is 18.4. The van der Waals surface area contributed by atoms with Crippen molar-refractivity contribution in [1.29, 1.82) is 0 Å². The summed E-state index contributed by atoms with van der Waals surface area (Å²) in [5.74, 6) is 1.04. The highest BCUT2D eigenvalue weighted by atomic mass is 17.1. The number of nitrogens with zero attached hydrogens (tertiary/aromatic N) is 3. The van der Waals surface area contributed by atoms with Gasteiger partial charge in [0.1, 0.15) is 0 Å². The van der Waals surface area contributed by atoms with Crippen molar-refractivity contribution < 1.29 is 24.7 Å². The van der Waals surface area contributed by atoms with Crippen molar-refractivity contribution in [2.75, 3.05) is 59.6 Å². The first-order valence-electron chi connectivity index (χ1n) is 11.7. The third-order valence-electron chi connectivity index (χ3n) is 6.70. The summed E-state index contributed by atoms with van der Waals surface area (Å²) in [7, 11) is 1.73. The van der Waals surface area contributed by atoms with E-state index in [1.54, 1.807) is 25.3 Å². The van der Waals surface area contributed by atoms with Crippen molar-refractivity contribution in [3.8, 4) is 17.4 Å². The van der Waals surface area contributed by atoms with Crippen molar-refractivity contribution in [2.24, 2.45) is 0 Å². The Bertz CT molecular complexity index is 880. The molecule has 2 fully saturated rings. The molecule has 0 unspecified atom stereocenters. The number of hydrogen-bond donors (Lipinski definition) is 2. The largest absolute Gasteiger partial charge is 0.493 e. The zero-order chi connectivity index (χ0) is 22.3. The third-order valence-corrected chi connectivity index (χ3v) is 6.70. The number of hydrogen-bond acceptors (Lipinski definition) is 8. The minimum absolute atomic E-state index is 0.00645. The lowest BCUT2D eigenvalue weighted by Crippen LogP contribution is -2.35. The monoisotopic (exact) mass is 445 g/mol. The number of fused-ring (bicyclic) bond motifs is 1. The predicted octanol–water partition coefficient (Wildman–Crippen LogP) is 3.48. The molecule has 0 bridgehead atoms. The van der Waals surface area contributed by atoms with Crippen LogP contribution in [-0.2, 0) is 4.74 Å². The van der Waals surface area contributed by atoms with Crippen LogP contribution in [-0.4, -0.2) is 84.7 Å². The summed E-state index contributed by atoms with van der Waals surface area (Å²) in [4.78, 5) is 13.8. The Morgan fingerprint density at radius 3 is 2.44 bits per heavy atom. The lowest BCUT2D eigenvalue weighted by atomic mass is 9.87. The Morgan fingerprint density at radius 2 is 1.72 bits per heavy atom. The van der Waals surface area contributed by atoms with Gasteiger partial charge in [0.25, 0.3) is 0 Å². The molecule has 0 spiro atoms. The highest BCUT2D eigenvalue weighted by Gasteiger charge is 2.24. The average Bonchev–Trinajstić information content (AvgIpc) is 3.33. The Balaban J connectivity index is 1.47. The number of pyridine rings is 1. The molecule has 4 rings (SSSR count). The summed E-state index contributed by atoms with van der Waals surface area (Å²) in [6, 6.07) is 5.29. The molecule has 1 aromatic carbocycles. The fraction of sp³-hybridized carbons (Fsp3) is 0.625. The summed E-state index contributed by atoms with van der Waals surface area (Å²) in [5.41, 5.74) is 1.69. The number of rotatable bonds is 10. The van der Waals surface area contributed by atoms with Crippen LogP contribution in [0.25, 0.3) is 10.9 Å². The maximum Gasteiger partial charge on any atom is 0.211 e. The molecule has 8 heteroatoms. The van der Waals surface area contributed by atoms with Gasteiger partial charge in [-0.3, -0.25) is 0 Å². The van der Waals surface area contributed by atoms with Crippen molar-refractivity contribution >= 4 is 10.9 Å². The zero-order valence-electron chi connectivity index (χ0n) is 19.0. The smallest absolute Gasteiger partial charge is 0.211 e. The van der Waals surface area contributed by atoms with Crippen LogP contribution >= 0.6 is 0 Å². The van der Waals surface area contributed by atoms with Gasteiger partial charge in [0.05, 0.1) is 18.7 Å². The molecule has 0 amide bonds. The van der Waals surface area contributed by atoms with Crippen molar-refractivity contribution in [3.05, 3.63) is 23.8 Å². The van der Waals surface area contributed by atoms with Gasteiger partial charge in [0.2, 0.25) is 11.6 Å². The number of ether oxygens (including phenoxy) is 2. The minimum atomic E-state index is 0.00645. The molecule has 3 heterocycles. The van der Waals surface area contributed by atoms with Crippen LogP contribution in [0.4, 0.5) is 0 Å². The molecule has 0 radical (unpaired) electrons. The summed E-state index contributed by atoms with van der Waals surface area (Å²) in [6.07, 6.45) is 5.44. The molecule has 0 atom stereocenters.